The van der Waals surface area contributed by atoms with Crippen LogP contribution in [-0.4, -0.2) is 70.9 Å². The van der Waals surface area contributed by atoms with Crippen LogP contribution in [0.5, 0.6) is 5.75 Å². The Morgan fingerprint density at radius 3 is 2.08 bits per heavy atom. The van der Waals surface area contributed by atoms with Crippen molar-refractivity contribution in [3.8, 4) is 5.75 Å². The van der Waals surface area contributed by atoms with Gasteiger partial charge in [0.2, 0.25) is 29.5 Å². The third-order valence-corrected chi connectivity index (χ3v) is 8.69. The molecule has 1 aromatic rings. The molecule has 0 saturated carbocycles. The lowest BCUT2D eigenvalue weighted by Gasteiger charge is -2.31. The van der Waals surface area contributed by atoms with E-state index in [9.17, 15) is 33.9 Å². The van der Waals surface area contributed by atoms with E-state index >= 15 is 0 Å². The van der Waals surface area contributed by atoms with Crippen molar-refractivity contribution in [2.75, 3.05) is 0 Å². The van der Waals surface area contributed by atoms with Gasteiger partial charge in [0, 0.05) is 12.3 Å². The number of carbonyl (C=O) groups is 6. The lowest BCUT2D eigenvalue weighted by molar-refractivity contribution is -0.150. The fourth-order valence-electron chi connectivity index (χ4n) is 5.87. The molecule has 7 atom stereocenters. The van der Waals surface area contributed by atoms with Crippen LogP contribution in [0.25, 0.3) is 0 Å². The van der Waals surface area contributed by atoms with Gasteiger partial charge in [0.1, 0.15) is 41.7 Å². The molecule has 2 rings (SSSR count). The van der Waals surface area contributed by atoms with Crippen LogP contribution in [0.4, 0.5) is 0 Å². The maximum atomic E-state index is 13.9. The van der Waals surface area contributed by atoms with Crippen molar-refractivity contribution < 1.29 is 38.6 Å². The molecule has 50 heavy (non-hydrogen) atoms. The van der Waals surface area contributed by atoms with Crippen LogP contribution in [0.15, 0.2) is 36.0 Å². The number of hydrogen-bond acceptors (Lipinski definition) is 8. The number of phenolic OH excluding ortho intramolecular Hbond substituents is 1. The van der Waals surface area contributed by atoms with E-state index in [1.54, 1.807) is 32.9 Å². The average Bonchev–Trinajstić information content (AvgIpc) is 3.03. The Labute approximate surface area is 296 Å². The Bertz CT molecular complexity index is 1380. The molecular weight excluding hydrogens is 642 g/mol. The van der Waals surface area contributed by atoms with Crippen molar-refractivity contribution in [3.05, 3.63) is 41.6 Å². The van der Waals surface area contributed by atoms with Crippen LogP contribution < -0.4 is 26.6 Å². The summed E-state index contributed by atoms with van der Waals surface area (Å²) in [6.45, 7) is 16.1. The molecule has 0 radical (unpaired) electrons. The number of allylic oxidation sites excluding steroid dienone is 1. The summed E-state index contributed by atoms with van der Waals surface area (Å²) >= 11 is 0. The lowest BCUT2D eigenvalue weighted by atomic mass is 9.93. The van der Waals surface area contributed by atoms with Crippen molar-refractivity contribution in [3.63, 3.8) is 0 Å². The second-order valence-electron chi connectivity index (χ2n) is 14.2. The number of hydrogen-bond donors (Lipinski definition) is 6. The largest absolute Gasteiger partial charge is 0.508 e. The molecule has 0 spiro atoms. The van der Waals surface area contributed by atoms with Gasteiger partial charge in [0.05, 0.1) is 0 Å². The molecule has 278 valence electrons. The molecule has 1 heterocycles. The molecule has 6 N–H and O–H groups in total. The van der Waals surface area contributed by atoms with Crippen molar-refractivity contribution in [1.29, 1.82) is 0 Å². The standard InChI is InChI=1S/C37H57N5O8/c1-10-12-22(7)18-23(8)32(44)42-31-24(9)50-37(49)27(11-2)38-33(45)29(19-25-13-15-26(43)16-14-25)40-35(47)30(21(5)6)41-34(46)28(17-20(3)4)39-36(31)48/h11,13-16,20-24,28-31,43H,10,12,17-19H2,1-9H3,(H,38,45)(H,39,48)(H,40,47)(H,41,46)(H,42,44)/b27-11-. The number of phenols is 1. The minimum atomic E-state index is -1.38. The smallest absolute Gasteiger partial charge is 0.354 e. The van der Waals surface area contributed by atoms with Gasteiger partial charge in [-0.25, -0.2) is 4.79 Å². The fourth-order valence-corrected chi connectivity index (χ4v) is 5.87. The average molecular weight is 700 g/mol. The van der Waals surface area contributed by atoms with E-state index in [1.807, 2.05) is 13.8 Å². The molecule has 1 aromatic carbocycles. The van der Waals surface area contributed by atoms with Crippen LogP contribution in [0.1, 0.15) is 93.6 Å². The number of amides is 5. The molecule has 7 unspecified atom stereocenters. The number of ether oxygens (including phenoxy) is 1. The number of rotatable bonds is 11. The Kier molecular flexibility index (Phi) is 16.4. The van der Waals surface area contributed by atoms with E-state index in [0.29, 0.717) is 12.0 Å². The van der Waals surface area contributed by atoms with Crippen LogP contribution in [0.3, 0.4) is 0 Å². The van der Waals surface area contributed by atoms with Gasteiger partial charge in [0.15, 0.2) is 0 Å². The topological polar surface area (TPSA) is 192 Å². The molecule has 0 aliphatic carbocycles. The minimum Gasteiger partial charge on any atom is -0.508 e. The molecule has 0 aromatic heterocycles. The van der Waals surface area contributed by atoms with E-state index in [4.69, 9.17) is 4.74 Å². The number of benzene rings is 1. The maximum absolute atomic E-state index is 13.9. The van der Waals surface area contributed by atoms with Crippen LogP contribution >= 0.6 is 0 Å². The predicted octanol–water partition coefficient (Wildman–Crippen LogP) is 3.00. The molecule has 1 saturated heterocycles. The molecule has 1 aliphatic rings. The molecule has 1 fully saturated rings. The Morgan fingerprint density at radius 2 is 1.52 bits per heavy atom. The molecule has 1 aliphatic heterocycles. The van der Waals surface area contributed by atoms with E-state index in [2.05, 4.69) is 40.4 Å². The summed E-state index contributed by atoms with van der Waals surface area (Å²) < 4.78 is 5.65. The van der Waals surface area contributed by atoms with Crippen molar-refractivity contribution in [2.45, 2.75) is 125 Å². The number of aromatic hydroxyl groups is 1. The van der Waals surface area contributed by atoms with E-state index in [1.165, 1.54) is 32.1 Å². The first kappa shape index (κ1) is 41.7. The second-order valence-corrected chi connectivity index (χ2v) is 14.2. The second kappa shape index (κ2) is 19.7. The van der Waals surface area contributed by atoms with Gasteiger partial charge >= 0.3 is 5.97 Å². The number of esters is 1. The highest BCUT2D eigenvalue weighted by molar-refractivity contribution is 5.99. The molecule has 5 amide bonds. The first-order chi connectivity index (χ1) is 23.5. The zero-order valence-electron chi connectivity index (χ0n) is 30.9. The van der Waals surface area contributed by atoms with Crippen molar-refractivity contribution in [1.82, 2.24) is 26.6 Å². The van der Waals surface area contributed by atoms with Gasteiger partial charge in [-0.15, -0.1) is 0 Å². The third-order valence-electron chi connectivity index (χ3n) is 8.69. The lowest BCUT2D eigenvalue weighted by Crippen LogP contribution is -2.61. The zero-order chi connectivity index (χ0) is 37.7. The van der Waals surface area contributed by atoms with Crippen molar-refractivity contribution >= 4 is 35.5 Å². The highest BCUT2D eigenvalue weighted by atomic mass is 16.5. The van der Waals surface area contributed by atoms with Gasteiger partial charge in [-0.2, -0.15) is 0 Å². The Morgan fingerprint density at radius 1 is 0.900 bits per heavy atom. The normalized spacial score (nSPS) is 24.9. The monoisotopic (exact) mass is 699 g/mol. The predicted molar refractivity (Wildman–Crippen MR) is 189 cm³/mol. The van der Waals surface area contributed by atoms with Gasteiger partial charge in [0.25, 0.3) is 0 Å². The number of cyclic esters (lactones) is 1. The van der Waals surface area contributed by atoms with Crippen molar-refractivity contribution in [2.24, 2.45) is 23.7 Å². The first-order valence-electron chi connectivity index (χ1n) is 17.6. The summed E-state index contributed by atoms with van der Waals surface area (Å²) in [6, 6.07) is 1.31. The van der Waals surface area contributed by atoms with E-state index in [0.717, 1.165) is 12.8 Å². The third kappa shape index (κ3) is 12.8. The summed E-state index contributed by atoms with van der Waals surface area (Å²) in [6.07, 6.45) is 2.80. The van der Waals surface area contributed by atoms with Gasteiger partial charge in [-0.05, 0) is 62.1 Å². The quantitative estimate of drug-likeness (QED) is 0.150. The summed E-state index contributed by atoms with van der Waals surface area (Å²) in [7, 11) is 0. The van der Waals surface area contributed by atoms with E-state index < -0.39 is 77.6 Å². The highest BCUT2D eigenvalue weighted by Crippen LogP contribution is 2.18. The minimum absolute atomic E-state index is 0.00570. The zero-order valence-corrected chi connectivity index (χ0v) is 30.9. The molecule has 13 heteroatoms. The molecular formula is C37H57N5O8. The highest BCUT2D eigenvalue weighted by Gasteiger charge is 2.37. The van der Waals surface area contributed by atoms with Gasteiger partial charge in [-0.3, -0.25) is 24.0 Å². The first-order valence-corrected chi connectivity index (χ1v) is 17.6. The Balaban J connectivity index is 2.58. The molecule has 0 bridgehead atoms. The summed E-state index contributed by atoms with van der Waals surface area (Å²) in [5.74, 6) is -4.78. The van der Waals surface area contributed by atoms with Crippen LogP contribution in [0.2, 0.25) is 0 Å². The Hall–Kier alpha value is -4.42. The van der Waals surface area contributed by atoms with Gasteiger partial charge < -0.3 is 36.4 Å². The fraction of sp³-hybridized carbons (Fsp3) is 0.622. The SMILES string of the molecule is C/C=C1\NC(=O)C(Cc2ccc(O)cc2)NC(=O)C(C(C)C)NC(=O)C(CC(C)C)NC(=O)C(NC(=O)C(C)CC(C)CCC)C(C)OC1=O. The number of nitrogens with one attached hydrogen (secondary N) is 5. The van der Waals surface area contributed by atoms with Gasteiger partial charge in [-0.1, -0.05) is 79.5 Å². The van der Waals surface area contributed by atoms with Crippen LogP contribution in [0, 0.1) is 23.7 Å². The van der Waals surface area contributed by atoms with Crippen LogP contribution in [-0.2, 0) is 39.9 Å². The summed E-state index contributed by atoms with van der Waals surface area (Å²) in [5, 5.41) is 23.2. The molecule has 13 nitrogen and oxygen atoms in total. The maximum Gasteiger partial charge on any atom is 0.354 e. The summed E-state index contributed by atoms with van der Waals surface area (Å²) in [5.41, 5.74) is 0.371. The van der Waals surface area contributed by atoms with E-state index in [-0.39, 0.29) is 36.1 Å². The number of carbonyl (C=O) groups excluding carboxylic acids is 6. The summed E-state index contributed by atoms with van der Waals surface area (Å²) in [4.78, 5) is 81.9.